The van der Waals surface area contributed by atoms with Crippen LogP contribution in [0, 0.1) is 0 Å². The van der Waals surface area contributed by atoms with Gasteiger partial charge in [0.25, 0.3) is 0 Å². The van der Waals surface area contributed by atoms with Crippen LogP contribution >= 0.6 is 15.9 Å². The van der Waals surface area contributed by atoms with Gasteiger partial charge in [-0.2, -0.15) is 4.98 Å². The Balaban J connectivity index is 2.25. The molecule has 0 amide bonds. The largest absolute Gasteiger partial charge is 0.480 e. The van der Waals surface area contributed by atoms with Gasteiger partial charge in [-0.1, -0.05) is 0 Å². The molecule has 2 heterocycles. The van der Waals surface area contributed by atoms with E-state index in [1.807, 2.05) is 13.8 Å². The Hall–Kier alpha value is -0.920. The van der Waals surface area contributed by atoms with E-state index in [-0.39, 0.29) is 11.7 Å². The molecular formula is C12H19BrN4O2. The zero-order valence-electron chi connectivity index (χ0n) is 11.4. The van der Waals surface area contributed by atoms with Crippen LogP contribution in [0.3, 0.4) is 0 Å². The first-order chi connectivity index (χ1) is 8.95. The van der Waals surface area contributed by atoms with E-state index in [1.165, 1.54) is 0 Å². The summed E-state index contributed by atoms with van der Waals surface area (Å²) in [5, 5.41) is 0. The van der Waals surface area contributed by atoms with Gasteiger partial charge in [0.1, 0.15) is 0 Å². The molecule has 6 nitrogen and oxygen atoms in total. The van der Waals surface area contributed by atoms with Gasteiger partial charge in [0.15, 0.2) is 0 Å². The molecule has 1 aliphatic heterocycles. The van der Waals surface area contributed by atoms with Crippen LogP contribution < -0.4 is 15.4 Å². The van der Waals surface area contributed by atoms with Crippen LogP contribution in [0.15, 0.2) is 10.7 Å². The Kier molecular flexibility index (Phi) is 4.27. The molecule has 2 N–H and O–H groups in total. The minimum Gasteiger partial charge on any atom is -0.480 e. The van der Waals surface area contributed by atoms with Gasteiger partial charge in [-0.3, -0.25) is 0 Å². The lowest BCUT2D eigenvalue weighted by atomic mass is 10.1. The van der Waals surface area contributed by atoms with Crippen molar-refractivity contribution < 1.29 is 9.47 Å². The van der Waals surface area contributed by atoms with E-state index in [1.54, 1.807) is 13.3 Å². The van der Waals surface area contributed by atoms with E-state index in [0.29, 0.717) is 31.5 Å². The topological polar surface area (TPSA) is 73.5 Å². The summed E-state index contributed by atoms with van der Waals surface area (Å²) < 4.78 is 11.8. The second-order valence-electron chi connectivity index (χ2n) is 5.14. The summed E-state index contributed by atoms with van der Waals surface area (Å²) in [6.07, 6.45) is 1.68. The zero-order valence-corrected chi connectivity index (χ0v) is 13.0. The highest BCUT2D eigenvalue weighted by Gasteiger charge is 2.34. The highest BCUT2D eigenvalue weighted by atomic mass is 79.9. The van der Waals surface area contributed by atoms with Gasteiger partial charge in [0.2, 0.25) is 11.8 Å². The Morgan fingerprint density at radius 2 is 2.37 bits per heavy atom. The van der Waals surface area contributed by atoms with Crippen molar-refractivity contribution in [3.63, 3.8) is 0 Å². The number of ether oxygens (including phenoxy) is 2. The molecule has 1 fully saturated rings. The van der Waals surface area contributed by atoms with Crippen molar-refractivity contribution in [3.8, 4) is 5.88 Å². The third-order valence-corrected chi connectivity index (χ3v) is 3.46. The predicted octanol–water partition coefficient (Wildman–Crippen LogP) is 1.19. The number of morpholine rings is 1. The first-order valence-electron chi connectivity index (χ1n) is 6.14. The molecule has 1 aliphatic rings. The van der Waals surface area contributed by atoms with Crippen LogP contribution in [0.1, 0.15) is 13.8 Å². The van der Waals surface area contributed by atoms with Crippen LogP contribution in [0.25, 0.3) is 0 Å². The molecule has 7 heteroatoms. The van der Waals surface area contributed by atoms with Crippen LogP contribution in [0.2, 0.25) is 0 Å². The van der Waals surface area contributed by atoms with E-state index in [2.05, 4.69) is 30.8 Å². The molecular weight excluding hydrogens is 312 g/mol. The second-order valence-corrected chi connectivity index (χ2v) is 6.00. The third kappa shape index (κ3) is 3.34. The number of hydrogen-bond donors (Lipinski definition) is 1. The fraction of sp³-hybridized carbons (Fsp3) is 0.667. The summed E-state index contributed by atoms with van der Waals surface area (Å²) in [6.45, 7) is 5.96. The maximum atomic E-state index is 5.89. The summed E-state index contributed by atoms with van der Waals surface area (Å²) in [5.41, 5.74) is 5.45. The second kappa shape index (κ2) is 5.60. The Morgan fingerprint density at radius 1 is 1.63 bits per heavy atom. The number of halogens is 1. The van der Waals surface area contributed by atoms with Crippen LogP contribution in [0.5, 0.6) is 5.88 Å². The van der Waals surface area contributed by atoms with Crippen molar-refractivity contribution in [3.05, 3.63) is 10.7 Å². The summed E-state index contributed by atoms with van der Waals surface area (Å²) in [7, 11) is 1.59. The van der Waals surface area contributed by atoms with Crippen molar-refractivity contribution in [1.82, 2.24) is 9.97 Å². The molecule has 2 rings (SSSR count). The maximum Gasteiger partial charge on any atom is 0.232 e. The van der Waals surface area contributed by atoms with E-state index in [0.717, 1.165) is 4.47 Å². The standard InChI is InChI=1S/C12H19BrN4O2/c1-12(2)7-17(6-8(4-14)19-12)11-15-5-9(13)10(16-11)18-3/h5,8H,4,6-7,14H2,1-3H3. The average molecular weight is 331 g/mol. The van der Waals surface area contributed by atoms with E-state index >= 15 is 0 Å². The number of rotatable bonds is 3. The smallest absolute Gasteiger partial charge is 0.232 e. The molecule has 1 unspecified atom stereocenters. The maximum absolute atomic E-state index is 5.89. The molecule has 106 valence electrons. The molecule has 0 aliphatic carbocycles. The molecule has 19 heavy (non-hydrogen) atoms. The van der Waals surface area contributed by atoms with Crippen LogP contribution in [0.4, 0.5) is 5.95 Å². The summed E-state index contributed by atoms with van der Waals surface area (Å²) >= 11 is 3.35. The first-order valence-corrected chi connectivity index (χ1v) is 6.94. The number of aromatic nitrogens is 2. The third-order valence-electron chi connectivity index (χ3n) is 2.92. The number of nitrogens with zero attached hydrogens (tertiary/aromatic N) is 3. The SMILES string of the molecule is COc1nc(N2CC(CN)OC(C)(C)C2)ncc1Br. The molecule has 0 aromatic carbocycles. The Labute approximate surface area is 121 Å². The molecule has 0 spiro atoms. The minimum atomic E-state index is -0.272. The van der Waals surface area contributed by atoms with Gasteiger partial charge in [-0.15, -0.1) is 0 Å². The summed E-state index contributed by atoms with van der Waals surface area (Å²) in [6, 6.07) is 0. The lowest BCUT2D eigenvalue weighted by molar-refractivity contribution is -0.0792. The fourth-order valence-corrected chi connectivity index (χ4v) is 2.56. The summed E-state index contributed by atoms with van der Waals surface area (Å²) in [5.74, 6) is 1.16. The van der Waals surface area contributed by atoms with Gasteiger partial charge >= 0.3 is 0 Å². The van der Waals surface area contributed by atoms with Crippen LogP contribution in [-0.2, 0) is 4.74 Å². The van der Waals surface area contributed by atoms with E-state index in [9.17, 15) is 0 Å². The van der Waals surface area contributed by atoms with E-state index < -0.39 is 0 Å². The number of nitrogens with two attached hydrogens (primary N) is 1. The lowest BCUT2D eigenvalue weighted by Crippen LogP contribution is -2.55. The molecule has 1 aromatic rings. The van der Waals surface area contributed by atoms with Gasteiger partial charge in [-0.05, 0) is 29.8 Å². The molecule has 1 atom stereocenters. The molecule has 1 saturated heterocycles. The first kappa shape index (κ1) is 14.5. The van der Waals surface area contributed by atoms with Gasteiger partial charge < -0.3 is 20.1 Å². The zero-order chi connectivity index (χ0) is 14.0. The van der Waals surface area contributed by atoms with Crippen molar-refractivity contribution in [2.24, 2.45) is 5.73 Å². The van der Waals surface area contributed by atoms with E-state index in [4.69, 9.17) is 15.2 Å². The molecule has 1 aromatic heterocycles. The molecule has 0 radical (unpaired) electrons. The normalized spacial score (nSPS) is 22.4. The van der Waals surface area contributed by atoms with Gasteiger partial charge in [-0.25, -0.2) is 4.98 Å². The predicted molar refractivity (Wildman–Crippen MR) is 76.5 cm³/mol. The van der Waals surface area contributed by atoms with Crippen molar-refractivity contribution >= 4 is 21.9 Å². The van der Waals surface area contributed by atoms with Crippen LogP contribution in [-0.4, -0.2) is 48.4 Å². The minimum absolute atomic E-state index is 0.0120. The lowest BCUT2D eigenvalue weighted by Gasteiger charge is -2.42. The quantitative estimate of drug-likeness (QED) is 0.897. The van der Waals surface area contributed by atoms with Crippen molar-refractivity contribution in [2.45, 2.75) is 25.6 Å². The van der Waals surface area contributed by atoms with Gasteiger partial charge in [0.05, 0.1) is 29.5 Å². The Morgan fingerprint density at radius 3 is 3.00 bits per heavy atom. The molecule has 0 bridgehead atoms. The number of anilines is 1. The Bertz CT molecular complexity index is 455. The molecule has 0 saturated carbocycles. The fourth-order valence-electron chi connectivity index (χ4n) is 2.21. The summed E-state index contributed by atoms with van der Waals surface area (Å²) in [4.78, 5) is 10.8. The highest BCUT2D eigenvalue weighted by molar-refractivity contribution is 9.10. The van der Waals surface area contributed by atoms with Gasteiger partial charge in [0, 0.05) is 19.6 Å². The number of hydrogen-bond acceptors (Lipinski definition) is 6. The highest BCUT2D eigenvalue weighted by Crippen LogP contribution is 2.27. The monoisotopic (exact) mass is 330 g/mol. The number of methoxy groups -OCH3 is 1. The van der Waals surface area contributed by atoms with Crippen molar-refractivity contribution in [1.29, 1.82) is 0 Å². The van der Waals surface area contributed by atoms with Crippen molar-refractivity contribution in [2.75, 3.05) is 31.6 Å². The average Bonchev–Trinajstić information content (AvgIpc) is 2.37.